The second kappa shape index (κ2) is 7.80. The minimum atomic E-state index is -0.306. The van der Waals surface area contributed by atoms with Gasteiger partial charge in [-0.3, -0.25) is 9.55 Å². The summed E-state index contributed by atoms with van der Waals surface area (Å²) in [5, 5.41) is 0. The van der Waals surface area contributed by atoms with Gasteiger partial charge in [0.05, 0.1) is 39.8 Å². The van der Waals surface area contributed by atoms with Gasteiger partial charge in [0.15, 0.2) is 34.3 Å². The summed E-state index contributed by atoms with van der Waals surface area (Å²) in [6, 6.07) is 9.12. The van der Waals surface area contributed by atoms with E-state index in [1.165, 1.54) is 4.57 Å². The molecule has 0 aliphatic carbocycles. The summed E-state index contributed by atoms with van der Waals surface area (Å²) in [4.78, 5) is 24.5. The number of rotatable bonds is 6. The highest BCUT2D eigenvalue weighted by Gasteiger charge is 2.18. The SMILES string of the molecule is COc1cc(-c2cnc3[nH]c(=O)n(Cc4ccc5c(c4)OCO5)c3n2)cc(OC)c1OC. The van der Waals surface area contributed by atoms with Gasteiger partial charge in [0, 0.05) is 5.56 Å². The van der Waals surface area contributed by atoms with Crippen molar-refractivity contribution in [2.75, 3.05) is 28.1 Å². The zero-order valence-electron chi connectivity index (χ0n) is 17.7. The van der Waals surface area contributed by atoms with Crippen LogP contribution >= 0.6 is 0 Å². The predicted molar refractivity (Wildman–Crippen MR) is 115 cm³/mol. The summed E-state index contributed by atoms with van der Waals surface area (Å²) in [7, 11) is 4.64. The Labute approximate surface area is 182 Å². The van der Waals surface area contributed by atoms with Crippen molar-refractivity contribution < 1.29 is 23.7 Å². The van der Waals surface area contributed by atoms with Crippen molar-refractivity contribution in [2.45, 2.75) is 6.54 Å². The van der Waals surface area contributed by atoms with Gasteiger partial charge in [-0.15, -0.1) is 0 Å². The summed E-state index contributed by atoms with van der Waals surface area (Å²) in [5.41, 5.74) is 2.65. The maximum absolute atomic E-state index is 12.6. The Hall–Kier alpha value is -4.21. The van der Waals surface area contributed by atoms with Crippen LogP contribution < -0.4 is 29.4 Å². The first-order chi connectivity index (χ1) is 15.6. The molecule has 0 bridgehead atoms. The Morgan fingerprint density at radius 3 is 2.50 bits per heavy atom. The number of fused-ring (bicyclic) bond motifs is 2. The predicted octanol–water partition coefficient (Wildman–Crippen LogP) is 2.59. The number of ether oxygens (including phenoxy) is 5. The lowest BCUT2D eigenvalue weighted by Gasteiger charge is -2.14. The molecular weight excluding hydrogens is 416 g/mol. The number of hydrogen-bond acceptors (Lipinski definition) is 8. The van der Waals surface area contributed by atoms with Crippen molar-refractivity contribution in [1.29, 1.82) is 0 Å². The molecule has 0 radical (unpaired) electrons. The molecule has 32 heavy (non-hydrogen) atoms. The van der Waals surface area contributed by atoms with Gasteiger partial charge < -0.3 is 23.7 Å². The first-order valence-electron chi connectivity index (χ1n) is 9.75. The highest BCUT2D eigenvalue weighted by molar-refractivity contribution is 5.74. The van der Waals surface area contributed by atoms with E-state index in [9.17, 15) is 4.79 Å². The van der Waals surface area contributed by atoms with Gasteiger partial charge in [-0.2, -0.15) is 0 Å². The van der Waals surface area contributed by atoms with Crippen LogP contribution in [-0.4, -0.2) is 47.6 Å². The van der Waals surface area contributed by atoms with Gasteiger partial charge in [-0.1, -0.05) is 6.07 Å². The van der Waals surface area contributed by atoms with Crippen molar-refractivity contribution >= 4 is 11.3 Å². The van der Waals surface area contributed by atoms with E-state index < -0.39 is 0 Å². The number of hydrogen-bond donors (Lipinski definition) is 1. The van der Waals surface area contributed by atoms with Crippen LogP contribution in [0.5, 0.6) is 28.7 Å². The van der Waals surface area contributed by atoms with Gasteiger partial charge >= 0.3 is 5.69 Å². The molecule has 4 aromatic rings. The molecule has 2 aromatic carbocycles. The van der Waals surface area contributed by atoms with Crippen LogP contribution in [0, 0.1) is 0 Å². The Bertz CT molecular complexity index is 1350. The smallest absolute Gasteiger partial charge is 0.329 e. The molecule has 2 aromatic heterocycles. The van der Waals surface area contributed by atoms with Crippen LogP contribution in [0.1, 0.15) is 5.56 Å². The lowest BCUT2D eigenvalue weighted by molar-refractivity contribution is 0.174. The van der Waals surface area contributed by atoms with E-state index in [-0.39, 0.29) is 12.5 Å². The summed E-state index contributed by atoms with van der Waals surface area (Å²) >= 11 is 0. The Morgan fingerprint density at radius 1 is 1.03 bits per heavy atom. The van der Waals surface area contributed by atoms with E-state index in [2.05, 4.69) is 9.97 Å². The molecule has 1 N–H and O–H groups in total. The highest BCUT2D eigenvalue weighted by atomic mass is 16.7. The third-order valence-electron chi connectivity index (χ3n) is 5.22. The maximum atomic E-state index is 12.6. The molecule has 0 fully saturated rings. The molecule has 1 aliphatic heterocycles. The molecule has 10 heteroatoms. The number of nitrogens with one attached hydrogen (secondary N) is 1. The van der Waals surface area contributed by atoms with Gasteiger partial charge in [0.1, 0.15) is 0 Å². The largest absolute Gasteiger partial charge is 0.493 e. The molecule has 164 valence electrons. The van der Waals surface area contributed by atoms with E-state index in [1.54, 1.807) is 39.7 Å². The first-order valence-corrected chi connectivity index (χ1v) is 9.75. The lowest BCUT2D eigenvalue weighted by atomic mass is 10.1. The summed E-state index contributed by atoms with van der Waals surface area (Å²) in [5.74, 6) is 2.81. The van der Waals surface area contributed by atoms with Crippen molar-refractivity contribution in [3.63, 3.8) is 0 Å². The normalized spacial score (nSPS) is 12.2. The van der Waals surface area contributed by atoms with E-state index in [0.29, 0.717) is 57.8 Å². The zero-order valence-corrected chi connectivity index (χ0v) is 17.7. The van der Waals surface area contributed by atoms with Crippen LogP contribution in [-0.2, 0) is 6.54 Å². The second-order valence-corrected chi connectivity index (χ2v) is 7.05. The fourth-order valence-electron chi connectivity index (χ4n) is 3.66. The summed E-state index contributed by atoms with van der Waals surface area (Å²) in [6.45, 7) is 0.484. The van der Waals surface area contributed by atoms with Crippen molar-refractivity contribution in [2.24, 2.45) is 0 Å². The minimum absolute atomic E-state index is 0.190. The van der Waals surface area contributed by atoms with Gasteiger partial charge in [-0.25, -0.2) is 14.8 Å². The van der Waals surface area contributed by atoms with Gasteiger partial charge in [0.25, 0.3) is 0 Å². The molecule has 1 aliphatic rings. The van der Waals surface area contributed by atoms with Crippen molar-refractivity contribution in [3.8, 4) is 40.0 Å². The Balaban J connectivity index is 1.58. The third kappa shape index (κ3) is 3.25. The minimum Gasteiger partial charge on any atom is -0.493 e. The lowest BCUT2D eigenvalue weighted by Crippen LogP contribution is -2.17. The number of imidazole rings is 1. The second-order valence-electron chi connectivity index (χ2n) is 7.05. The van der Waals surface area contributed by atoms with Gasteiger partial charge in [-0.05, 0) is 29.8 Å². The average Bonchev–Trinajstić information content (AvgIpc) is 3.41. The molecule has 0 amide bonds. The number of methoxy groups -OCH3 is 3. The number of aromatic nitrogens is 4. The standard InChI is InChI=1S/C22H20N4O6/c1-28-17-7-13(8-18(29-2)19(17)30-3)14-9-23-20-21(24-14)26(22(27)25-20)10-12-4-5-15-16(6-12)32-11-31-15/h4-9H,10-11H2,1-3H3,(H,23,25,27). The highest BCUT2D eigenvalue weighted by Crippen LogP contribution is 2.41. The van der Waals surface area contributed by atoms with E-state index in [1.807, 2.05) is 18.2 Å². The van der Waals surface area contributed by atoms with Crippen LogP contribution in [0.15, 0.2) is 41.3 Å². The van der Waals surface area contributed by atoms with Gasteiger partial charge in [0.2, 0.25) is 12.5 Å². The number of nitrogens with zero attached hydrogens (tertiary/aromatic N) is 3. The molecule has 0 unspecified atom stereocenters. The average molecular weight is 436 g/mol. The molecule has 5 rings (SSSR count). The van der Waals surface area contributed by atoms with E-state index >= 15 is 0 Å². The van der Waals surface area contributed by atoms with Crippen LogP contribution in [0.3, 0.4) is 0 Å². The molecule has 3 heterocycles. The Kier molecular flexibility index (Phi) is 4.81. The fourth-order valence-corrected chi connectivity index (χ4v) is 3.66. The molecular formula is C22H20N4O6. The number of benzene rings is 2. The van der Waals surface area contributed by atoms with Crippen molar-refractivity contribution in [1.82, 2.24) is 19.5 Å². The molecule has 0 saturated heterocycles. The fraction of sp³-hybridized carbons (Fsp3) is 0.227. The first kappa shape index (κ1) is 19.7. The van der Waals surface area contributed by atoms with Crippen molar-refractivity contribution in [3.05, 3.63) is 52.6 Å². The number of H-pyrrole nitrogens is 1. The Morgan fingerprint density at radius 2 is 1.78 bits per heavy atom. The monoisotopic (exact) mass is 436 g/mol. The summed E-state index contributed by atoms with van der Waals surface area (Å²) < 4.78 is 28.6. The van der Waals surface area contributed by atoms with Crippen LogP contribution in [0.2, 0.25) is 0 Å². The topological polar surface area (TPSA) is 110 Å². The number of aromatic amines is 1. The maximum Gasteiger partial charge on any atom is 0.329 e. The van der Waals surface area contributed by atoms with E-state index in [0.717, 1.165) is 5.56 Å². The third-order valence-corrected chi connectivity index (χ3v) is 5.22. The van der Waals surface area contributed by atoms with Crippen LogP contribution in [0.4, 0.5) is 0 Å². The molecule has 0 saturated carbocycles. The van der Waals surface area contributed by atoms with Crippen LogP contribution in [0.25, 0.3) is 22.6 Å². The van der Waals surface area contributed by atoms with E-state index in [4.69, 9.17) is 28.7 Å². The quantitative estimate of drug-likeness (QED) is 0.491. The summed E-state index contributed by atoms with van der Waals surface area (Å²) in [6.07, 6.45) is 1.59. The molecule has 10 nitrogen and oxygen atoms in total. The molecule has 0 atom stereocenters. The zero-order chi connectivity index (χ0) is 22.2. The molecule has 0 spiro atoms.